The van der Waals surface area contributed by atoms with Crippen LogP contribution < -0.4 is 0 Å². The highest BCUT2D eigenvalue weighted by Crippen LogP contribution is 2.45. The number of fused-ring (bicyclic) bond motifs is 2. The molecular formula is C15H18O4. The minimum Gasteiger partial charge on any atom is -0.454 e. The first-order chi connectivity index (χ1) is 8.90. The first-order valence-corrected chi connectivity index (χ1v) is 6.53. The van der Waals surface area contributed by atoms with E-state index in [9.17, 15) is 9.90 Å². The second kappa shape index (κ2) is 4.05. The summed E-state index contributed by atoms with van der Waals surface area (Å²) in [5, 5.41) is 10.4. The summed E-state index contributed by atoms with van der Waals surface area (Å²) in [5.41, 5.74) is 1.00. The largest absolute Gasteiger partial charge is 0.454 e. The van der Waals surface area contributed by atoms with Crippen LogP contribution in [-0.2, 0) is 14.3 Å². The van der Waals surface area contributed by atoms with E-state index in [0.29, 0.717) is 12.0 Å². The molecule has 1 N–H and O–H groups in total. The number of carbonyl (C=O) groups excluding carboxylic acids is 1. The van der Waals surface area contributed by atoms with E-state index in [-0.39, 0.29) is 17.6 Å². The number of aliphatic hydroxyl groups is 1. The molecule has 2 saturated heterocycles. The topological polar surface area (TPSA) is 59.1 Å². The molecule has 0 unspecified atom stereocenters. The lowest BCUT2D eigenvalue weighted by molar-refractivity contribution is -0.137. The predicted molar refractivity (Wildman–Crippen MR) is 69.3 cm³/mol. The molecule has 19 heavy (non-hydrogen) atoms. The Morgan fingerprint density at radius 1 is 1.53 bits per heavy atom. The number of epoxide rings is 1. The van der Waals surface area contributed by atoms with Crippen molar-refractivity contribution in [3.63, 3.8) is 0 Å². The zero-order chi connectivity index (χ0) is 13.8. The van der Waals surface area contributed by atoms with Gasteiger partial charge in [0.15, 0.2) is 0 Å². The maximum Gasteiger partial charge on any atom is 0.334 e. The number of esters is 1. The lowest BCUT2D eigenvalue weighted by Crippen LogP contribution is -2.32. The van der Waals surface area contributed by atoms with Crippen molar-refractivity contribution in [2.75, 3.05) is 0 Å². The minimum atomic E-state index is -0.686. The molecule has 0 radical (unpaired) electrons. The Kier molecular flexibility index (Phi) is 2.69. The first-order valence-electron chi connectivity index (χ1n) is 6.53. The van der Waals surface area contributed by atoms with E-state index in [1.165, 1.54) is 0 Å². The van der Waals surface area contributed by atoms with Crippen LogP contribution in [0.15, 0.2) is 36.0 Å². The Bertz CT molecular complexity index is 504. The molecule has 1 aliphatic carbocycles. The molecule has 102 valence electrons. The molecule has 4 heteroatoms. The Morgan fingerprint density at radius 2 is 2.26 bits per heavy atom. The molecule has 0 aromatic heterocycles. The van der Waals surface area contributed by atoms with Gasteiger partial charge in [-0.1, -0.05) is 24.3 Å². The molecule has 3 rings (SSSR count). The van der Waals surface area contributed by atoms with E-state index in [1.54, 1.807) is 0 Å². The highest BCUT2D eigenvalue weighted by Gasteiger charge is 2.54. The summed E-state index contributed by atoms with van der Waals surface area (Å²) in [6, 6.07) is 0. The Hall–Kier alpha value is -1.39. The zero-order valence-corrected chi connectivity index (χ0v) is 11.1. The van der Waals surface area contributed by atoms with E-state index in [1.807, 2.05) is 32.1 Å². The lowest BCUT2D eigenvalue weighted by atomic mass is 9.84. The SMILES string of the molecule is C=C1C(=O)O[C@H]2/C=C(C)\C=C/[C@H]3O[C@]3(C)C[C@@H](O)[C@@H]12. The number of allylic oxidation sites excluding steroid dienone is 2. The third-order valence-corrected chi connectivity index (χ3v) is 4.19. The molecule has 4 nitrogen and oxygen atoms in total. The maximum absolute atomic E-state index is 11.6. The van der Waals surface area contributed by atoms with E-state index in [4.69, 9.17) is 9.47 Å². The summed E-state index contributed by atoms with van der Waals surface area (Å²) in [5.74, 6) is -0.796. The summed E-state index contributed by atoms with van der Waals surface area (Å²) >= 11 is 0. The fraction of sp³-hybridized carbons (Fsp3) is 0.533. The molecule has 0 aromatic rings. The van der Waals surface area contributed by atoms with Crippen LogP contribution in [0.25, 0.3) is 0 Å². The number of ether oxygens (including phenoxy) is 2. The van der Waals surface area contributed by atoms with Gasteiger partial charge in [-0.2, -0.15) is 0 Å². The van der Waals surface area contributed by atoms with Gasteiger partial charge in [-0.15, -0.1) is 0 Å². The number of rotatable bonds is 0. The van der Waals surface area contributed by atoms with Crippen LogP contribution in [0.3, 0.4) is 0 Å². The van der Waals surface area contributed by atoms with Crippen molar-refractivity contribution in [1.82, 2.24) is 0 Å². The van der Waals surface area contributed by atoms with Crippen molar-refractivity contribution in [3.8, 4) is 0 Å². The normalized spacial score (nSPS) is 49.5. The Balaban J connectivity index is 1.97. The van der Waals surface area contributed by atoms with E-state index in [0.717, 1.165) is 5.57 Å². The molecule has 5 atom stereocenters. The summed E-state index contributed by atoms with van der Waals surface area (Å²) in [7, 11) is 0. The van der Waals surface area contributed by atoms with Gasteiger partial charge in [0, 0.05) is 12.0 Å². The molecular weight excluding hydrogens is 244 g/mol. The lowest BCUT2D eigenvalue weighted by Gasteiger charge is -2.23. The molecule has 0 spiro atoms. The van der Waals surface area contributed by atoms with Crippen molar-refractivity contribution < 1.29 is 19.4 Å². The van der Waals surface area contributed by atoms with Crippen LogP contribution in [0.5, 0.6) is 0 Å². The highest BCUT2D eigenvalue weighted by atomic mass is 16.6. The van der Waals surface area contributed by atoms with Crippen LogP contribution in [0.2, 0.25) is 0 Å². The van der Waals surface area contributed by atoms with Crippen molar-refractivity contribution in [1.29, 1.82) is 0 Å². The molecule has 3 aliphatic rings. The molecule has 2 aliphatic heterocycles. The quantitative estimate of drug-likeness (QED) is 0.408. The van der Waals surface area contributed by atoms with Crippen LogP contribution in [0.4, 0.5) is 0 Å². The van der Waals surface area contributed by atoms with Gasteiger partial charge in [-0.3, -0.25) is 0 Å². The fourth-order valence-corrected chi connectivity index (χ4v) is 2.96. The number of aliphatic hydroxyl groups excluding tert-OH is 1. The second-order valence-electron chi connectivity index (χ2n) is 5.81. The summed E-state index contributed by atoms with van der Waals surface area (Å²) in [6.45, 7) is 7.67. The van der Waals surface area contributed by atoms with Gasteiger partial charge < -0.3 is 14.6 Å². The zero-order valence-electron chi connectivity index (χ0n) is 11.1. The summed E-state index contributed by atoms with van der Waals surface area (Å²) in [6.07, 6.45) is 5.22. The van der Waals surface area contributed by atoms with Gasteiger partial charge in [-0.05, 0) is 19.9 Å². The molecule has 2 fully saturated rings. The first kappa shape index (κ1) is 12.6. The average Bonchev–Trinajstić information content (AvgIpc) is 2.86. The Morgan fingerprint density at radius 3 is 3.00 bits per heavy atom. The number of hydrogen-bond acceptors (Lipinski definition) is 4. The van der Waals surface area contributed by atoms with Crippen molar-refractivity contribution >= 4 is 5.97 Å². The Labute approximate surface area is 112 Å². The van der Waals surface area contributed by atoms with Gasteiger partial charge in [-0.25, -0.2) is 4.79 Å². The fourth-order valence-electron chi connectivity index (χ4n) is 2.96. The van der Waals surface area contributed by atoms with Crippen molar-refractivity contribution in [3.05, 3.63) is 36.0 Å². The van der Waals surface area contributed by atoms with Gasteiger partial charge in [0.25, 0.3) is 0 Å². The predicted octanol–water partition coefficient (Wildman–Crippen LogP) is 1.51. The van der Waals surface area contributed by atoms with Gasteiger partial charge in [0.05, 0.1) is 17.6 Å². The minimum absolute atomic E-state index is 0.0355. The van der Waals surface area contributed by atoms with Crippen LogP contribution in [0, 0.1) is 5.92 Å². The van der Waals surface area contributed by atoms with Crippen molar-refractivity contribution in [2.24, 2.45) is 5.92 Å². The van der Waals surface area contributed by atoms with Gasteiger partial charge in [0.1, 0.15) is 12.2 Å². The maximum atomic E-state index is 11.6. The molecule has 0 amide bonds. The van der Waals surface area contributed by atoms with E-state index in [2.05, 4.69) is 6.58 Å². The van der Waals surface area contributed by atoms with Crippen molar-refractivity contribution in [2.45, 2.75) is 44.2 Å². The third-order valence-electron chi connectivity index (χ3n) is 4.19. The van der Waals surface area contributed by atoms with Crippen LogP contribution in [-0.4, -0.2) is 35.0 Å². The molecule has 0 saturated carbocycles. The summed E-state index contributed by atoms with van der Waals surface area (Å²) < 4.78 is 10.9. The molecule has 0 aromatic carbocycles. The molecule has 2 heterocycles. The standard InChI is InChI=1S/C15H18O4/c1-8-4-5-12-15(3,19-12)7-10(16)13-9(2)14(17)18-11(13)6-8/h4-6,10-13,16H,2,7H2,1,3H3/b5-4-,8-6-/t10-,11+,12-,13-,15-/m1/s1. The molecule has 0 bridgehead atoms. The third kappa shape index (κ3) is 2.05. The van der Waals surface area contributed by atoms with E-state index < -0.39 is 18.2 Å². The smallest absolute Gasteiger partial charge is 0.334 e. The second-order valence-corrected chi connectivity index (χ2v) is 5.81. The van der Waals surface area contributed by atoms with Gasteiger partial charge in [0.2, 0.25) is 0 Å². The van der Waals surface area contributed by atoms with Crippen LogP contribution in [0.1, 0.15) is 20.3 Å². The number of hydrogen-bond donors (Lipinski definition) is 1. The monoisotopic (exact) mass is 262 g/mol. The summed E-state index contributed by atoms with van der Waals surface area (Å²) in [4.78, 5) is 11.6. The van der Waals surface area contributed by atoms with E-state index >= 15 is 0 Å². The highest BCUT2D eigenvalue weighted by molar-refractivity contribution is 5.91. The van der Waals surface area contributed by atoms with Crippen LogP contribution >= 0.6 is 0 Å². The average molecular weight is 262 g/mol. The number of carbonyl (C=O) groups is 1. The van der Waals surface area contributed by atoms with Gasteiger partial charge >= 0.3 is 5.97 Å².